The average Bonchev–Trinajstić information content (AvgIpc) is 3.67. The number of carbonyl (C=O) groups is 2. The fourth-order valence-electron chi connectivity index (χ4n) is 4.73. The first kappa shape index (κ1) is 29.6. The van der Waals surface area contributed by atoms with Crippen LogP contribution < -0.4 is 24.8 Å². The molecule has 3 heterocycles. The molecule has 2 aliphatic rings. The van der Waals surface area contributed by atoms with E-state index in [4.69, 9.17) is 14.2 Å². The third-order valence-corrected chi connectivity index (χ3v) is 10.4. The van der Waals surface area contributed by atoms with Gasteiger partial charge in [0.2, 0.25) is 6.79 Å². The molecule has 14 heteroatoms. The molecular weight excluding hydrogens is 584 g/mol. The number of ether oxygens (including phenoxy) is 3. The molecule has 2 aromatic carbocycles. The van der Waals surface area contributed by atoms with E-state index in [1.165, 1.54) is 11.4 Å². The van der Waals surface area contributed by atoms with Crippen molar-refractivity contribution in [2.45, 2.75) is 30.2 Å². The zero-order valence-electron chi connectivity index (χ0n) is 23.3. The van der Waals surface area contributed by atoms with Gasteiger partial charge < -0.3 is 34.9 Å². The average molecular weight is 617 g/mol. The normalized spacial score (nSPS) is 19.0. The summed E-state index contributed by atoms with van der Waals surface area (Å²) in [5, 5.41) is 17.1. The standard InChI is InChI=1S/C28H32N4O8S2/c1-17-13-32(18(2)15-33)27(34)20-6-4-7-21(30-28(35)29-19-9-10-22-23(12-19)39-16-38-22)26(20)40-24(17)14-31(3)42(36,37)25-8-5-11-41-25/h4-12,17-18,24,33H,13-16H2,1-3H3,(H2,29,30,35)/t17-,18+,24-/m1/s1. The van der Waals surface area contributed by atoms with Gasteiger partial charge in [0.05, 0.1) is 30.4 Å². The molecule has 0 radical (unpaired) electrons. The van der Waals surface area contributed by atoms with Gasteiger partial charge >= 0.3 is 6.03 Å². The van der Waals surface area contributed by atoms with Crippen LogP contribution in [0.2, 0.25) is 0 Å². The molecule has 3 N–H and O–H groups in total. The van der Waals surface area contributed by atoms with E-state index < -0.39 is 28.2 Å². The number of fused-ring (bicyclic) bond motifs is 2. The van der Waals surface area contributed by atoms with E-state index in [-0.39, 0.29) is 59.5 Å². The highest BCUT2D eigenvalue weighted by molar-refractivity contribution is 7.91. The van der Waals surface area contributed by atoms with Crippen molar-refractivity contribution in [2.75, 3.05) is 44.2 Å². The lowest BCUT2D eigenvalue weighted by atomic mass is 9.99. The van der Waals surface area contributed by atoms with Gasteiger partial charge in [0.25, 0.3) is 15.9 Å². The van der Waals surface area contributed by atoms with Gasteiger partial charge in [0, 0.05) is 31.3 Å². The number of thiophene rings is 1. The minimum atomic E-state index is -3.78. The Kier molecular flexibility index (Phi) is 8.59. The van der Waals surface area contributed by atoms with E-state index in [1.807, 2.05) is 6.92 Å². The number of urea groups is 1. The molecule has 0 bridgehead atoms. The second-order valence-electron chi connectivity index (χ2n) is 10.2. The van der Waals surface area contributed by atoms with Crippen molar-refractivity contribution in [2.24, 2.45) is 5.92 Å². The van der Waals surface area contributed by atoms with Crippen LogP contribution >= 0.6 is 11.3 Å². The fourth-order valence-corrected chi connectivity index (χ4v) is 7.12. The molecule has 0 saturated carbocycles. The van der Waals surface area contributed by atoms with Gasteiger partial charge in [-0.25, -0.2) is 13.2 Å². The predicted molar refractivity (Wildman–Crippen MR) is 157 cm³/mol. The number of sulfonamides is 1. The number of nitrogens with one attached hydrogen (secondary N) is 2. The van der Waals surface area contributed by atoms with Gasteiger partial charge in [-0.15, -0.1) is 11.3 Å². The number of rotatable bonds is 8. The third-order valence-electron chi connectivity index (χ3n) is 7.17. The Bertz CT molecular complexity index is 1560. The maximum Gasteiger partial charge on any atom is 0.323 e. The number of likely N-dealkylation sites (N-methyl/N-ethyl adjacent to an activating group) is 1. The second-order valence-corrected chi connectivity index (χ2v) is 13.4. The largest absolute Gasteiger partial charge is 0.486 e. The van der Waals surface area contributed by atoms with Crippen LogP contribution in [0.25, 0.3) is 0 Å². The summed E-state index contributed by atoms with van der Waals surface area (Å²) in [5.41, 5.74) is 0.859. The van der Waals surface area contributed by atoms with E-state index in [1.54, 1.807) is 65.7 Å². The van der Waals surface area contributed by atoms with Gasteiger partial charge in [-0.05, 0) is 42.6 Å². The Morgan fingerprint density at radius 3 is 2.69 bits per heavy atom. The Labute approximate surface area is 247 Å². The summed E-state index contributed by atoms with van der Waals surface area (Å²) >= 11 is 1.12. The fraction of sp³-hybridized carbons (Fsp3) is 0.357. The van der Waals surface area contributed by atoms with Gasteiger partial charge in [-0.3, -0.25) is 4.79 Å². The molecule has 0 saturated heterocycles. The number of benzene rings is 2. The first-order valence-electron chi connectivity index (χ1n) is 13.3. The third kappa shape index (κ3) is 6.02. The van der Waals surface area contributed by atoms with E-state index >= 15 is 0 Å². The van der Waals surface area contributed by atoms with E-state index in [0.29, 0.717) is 17.2 Å². The lowest BCUT2D eigenvalue weighted by Gasteiger charge is -2.38. The molecule has 0 unspecified atom stereocenters. The highest BCUT2D eigenvalue weighted by Crippen LogP contribution is 2.37. The summed E-state index contributed by atoms with van der Waals surface area (Å²) in [4.78, 5) is 28.3. The van der Waals surface area contributed by atoms with Crippen LogP contribution in [0.3, 0.4) is 0 Å². The maximum absolute atomic E-state index is 13.7. The number of hydrogen-bond acceptors (Lipinski definition) is 9. The molecule has 0 aliphatic carbocycles. The molecular formula is C28H32N4O8S2. The zero-order valence-corrected chi connectivity index (χ0v) is 24.9. The summed E-state index contributed by atoms with van der Waals surface area (Å²) in [6.45, 7) is 3.63. The number of amides is 3. The van der Waals surface area contributed by atoms with Crippen LogP contribution in [0.5, 0.6) is 17.2 Å². The minimum Gasteiger partial charge on any atom is -0.486 e. The van der Waals surface area contributed by atoms with E-state index in [2.05, 4.69) is 10.6 Å². The second kappa shape index (κ2) is 12.2. The number of anilines is 2. The Balaban J connectivity index is 1.45. The molecule has 42 heavy (non-hydrogen) atoms. The minimum absolute atomic E-state index is 0.0197. The molecule has 0 spiro atoms. The number of para-hydroxylation sites is 1. The van der Waals surface area contributed by atoms with Crippen LogP contribution in [0, 0.1) is 5.92 Å². The van der Waals surface area contributed by atoms with Gasteiger partial charge in [0.1, 0.15) is 10.3 Å². The van der Waals surface area contributed by atoms with Crippen LogP contribution in [0.1, 0.15) is 24.2 Å². The topological polar surface area (TPSA) is 147 Å². The quantitative estimate of drug-likeness (QED) is 0.348. The first-order valence-corrected chi connectivity index (χ1v) is 15.6. The predicted octanol–water partition coefficient (Wildman–Crippen LogP) is 3.66. The Morgan fingerprint density at radius 2 is 1.95 bits per heavy atom. The van der Waals surface area contributed by atoms with Crippen LogP contribution in [-0.2, 0) is 10.0 Å². The maximum atomic E-state index is 13.7. The van der Waals surface area contributed by atoms with Crippen molar-refractivity contribution in [1.82, 2.24) is 9.21 Å². The number of aliphatic hydroxyl groups is 1. The molecule has 3 atom stereocenters. The molecule has 1 aromatic heterocycles. The molecule has 224 valence electrons. The summed E-state index contributed by atoms with van der Waals surface area (Å²) in [5.74, 6) is 0.467. The lowest BCUT2D eigenvalue weighted by Crippen LogP contribution is -2.50. The van der Waals surface area contributed by atoms with Gasteiger partial charge in [0.15, 0.2) is 17.2 Å². The number of nitrogens with zero attached hydrogens (tertiary/aromatic N) is 2. The zero-order chi connectivity index (χ0) is 30.0. The Hall–Kier alpha value is -3.85. The molecule has 3 aromatic rings. The Morgan fingerprint density at radius 1 is 1.17 bits per heavy atom. The molecule has 12 nitrogen and oxygen atoms in total. The molecule has 0 fully saturated rings. The monoisotopic (exact) mass is 616 g/mol. The van der Waals surface area contributed by atoms with Crippen molar-refractivity contribution < 1.29 is 37.3 Å². The van der Waals surface area contributed by atoms with E-state index in [9.17, 15) is 23.1 Å². The van der Waals surface area contributed by atoms with Crippen molar-refractivity contribution in [3.8, 4) is 17.2 Å². The van der Waals surface area contributed by atoms with Crippen LogP contribution in [0.15, 0.2) is 58.1 Å². The SMILES string of the molecule is C[C@@H]1CN([C@@H](C)CO)C(=O)c2cccc(NC(=O)Nc3ccc4c(c3)OCO4)c2O[C@@H]1CN(C)S(=O)(=O)c1cccs1. The number of carbonyl (C=O) groups excluding carboxylic acids is 2. The van der Waals surface area contributed by atoms with Crippen molar-refractivity contribution in [3.05, 3.63) is 59.5 Å². The van der Waals surface area contributed by atoms with Crippen molar-refractivity contribution in [3.63, 3.8) is 0 Å². The molecule has 2 aliphatic heterocycles. The summed E-state index contributed by atoms with van der Waals surface area (Å²) in [6, 6.07) is 11.9. The van der Waals surface area contributed by atoms with Crippen molar-refractivity contribution in [1.29, 1.82) is 0 Å². The molecule has 5 rings (SSSR count). The number of hydrogen-bond donors (Lipinski definition) is 3. The van der Waals surface area contributed by atoms with Crippen LogP contribution in [-0.4, -0.2) is 80.4 Å². The van der Waals surface area contributed by atoms with Crippen molar-refractivity contribution >= 4 is 44.7 Å². The lowest BCUT2D eigenvalue weighted by molar-refractivity contribution is 0.0389. The van der Waals surface area contributed by atoms with Gasteiger partial charge in [-0.2, -0.15) is 4.31 Å². The number of aliphatic hydroxyl groups excluding tert-OH is 1. The summed E-state index contributed by atoms with van der Waals surface area (Å²) in [6.07, 6.45) is -0.704. The smallest absolute Gasteiger partial charge is 0.323 e. The highest BCUT2D eigenvalue weighted by Gasteiger charge is 2.36. The molecule has 3 amide bonds. The summed E-state index contributed by atoms with van der Waals surface area (Å²) < 4.78 is 44.9. The highest BCUT2D eigenvalue weighted by atomic mass is 32.2. The van der Waals surface area contributed by atoms with Crippen LogP contribution in [0.4, 0.5) is 16.2 Å². The van der Waals surface area contributed by atoms with E-state index in [0.717, 1.165) is 11.3 Å². The first-order chi connectivity index (χ1) is 20.1. The van der Waals surface area contributed by atoms with Gasteiger partial charge in [-0.1, -0.05) is 19.1 Å². The summed E-state index contributed by atoms with van der Waals surface area (Å²) in [7, 11) is -2.30.